The predicted molar refractivity (Wildman–Crippen MR) is 39.8 cm³/mol. The molecule has 1 aliphatic rings. The molecule has 1 saturated carbocycles. The fourth-order valence-electron chi connectivity index (χ4n) is 0.954. The molecule has 10 heavy (non-hydrogen) atoms. The molecule has 0 heterocycles. The zero-order valence-electron chi connectivity index (χ0n) is 6.04. The first-order chi connectivity index (χ1) is 4.74. The van der Waals surface area contributed by atoms with E-state index in [9.17, 15) is 4.79 Å². The van der Waals surface area contributed by atoms with Crippen LogP contribution in [0, 0.1) is 5.92 Å². The molecule has 1 rings (SSSR count). The van der Waals surface area contributed by atoms with Gasteiger partial charge >= 0.3 is 5.97 Å². The maximum absolute atomic E-state index is 10.4. The lowest BCUT2D eigenvalue weighted by atomic mass is 10.2. The van der Waals surface area contributed by atoms with Crippen molar-refractivity contribution in [2.24, 2.45) is 5.92 Å². The van der Waals surface area contributed by atoms with E-state index in [2.05, 4.69) is 0 Å². The van der Waals surface area contributed by atoms with Crippen LogP contribution in [0.5, 0.6) is 0 Å². The molecule has 3 nitrogen and oxygen atoms in total. The number of hydrogen-bond donors (Lipinski definition) is 1. The molecule has 0 amide bonds. The van der Waals surface area contributed by atoms with E-state index in [4.69, 9.17) is 9.53 Å². The van der Waals surface area contributed by atoms with Crippen LogP contribution in [-0.4, -0.2) is 27.7 Å². The smallest absolute Gasteiger partial charge is 0.331 e. The van der Waals surface area contributed by atoms with Gasteiger partial charge in [-0.05, 0) is 12.3 Å². The van der Waals surface area contributed by atoms with Gasteiger partial charge in [-0.15, -0.1) is 0 Å². The third kappa shape index (κ3) is 2.11. The topological polar surface area (TPSA) is 46.5 Å². The molecule has 0 aromatic carbocycles. The Balaban J connectivity index is 2.24. The van der Waals surface area contributed by atoms with Gasteiger partial charge in [-0.2, -0.15) is 0 Å². The molecule has 1 N–H and O–H groups in total. The summed E-state index contributed by atoms with van der Waals surface area (Å²) in [5.74, 6) is -0.169. The van der Waals surface area contributed by atoms with Gasteiger partial charge in [0.05, 0.1) is 0 Å². The summed E-state index contributed by atoms with van der Waals surface area (Å²) in [6, 6.07) is 0. The Labute approximate surface area is 62.9 Å². The Kier molecular flexibility index (Phi) is 2.45. The number of aliphatic carboxylic acids is 1. The van der Waals surface area contributed by atoms with E-state index in [0.717, 1.165) is 6.42 Å². The van der Waals surface area contributed by atoms with Gasteiger partial charge in [0.15, 0.2) is 0 Å². The number of carboxylic acids is 1. The van der Waals surface area contributed by atoms with E-state index in [-0.39, 0.29) is 0 Å². The minimum atomic E-state index is -0.804. The van der Waals surface area contributed by atoms with E-state index in [0.29, 0.717) is 16.4 Å². The van der Waals surface area contributed by atoms with Crippen LogP contribution >= 0.6 is 0 Å². The van der Waals surface area contributed by atoms with Crippen LogP contribution in [0.25, 0.3) is 0 Å². The molecule has 1 atom stereocenters. The van der Waals surface area contributed by atoms with Gasteiger partial charge in [-0.1, -0.05) is 12.8 Å². The Morgan fingerprint density at radius 3 is 2.70 bits per heavy atom. The van der Waals surface area contributed by atoms with E-state index in [1.165, 1.54) is 12.8 Å². The van der Waals surface area contributed by atoms with Crippen molar-refractivity contribution in [2.45, 2.75) is 25.4 Å². The number of carboxylic acid groups (broad SMARTS) is 1. The second-order valence-corrected chi connectivity index (χ2v) is 3.21. The standard InChI is InChI=1S/C6H12O3Si/c7-6(8)5(9-10)3-4-1-2-4/h4-5H,1-3H2,10H3,(H,7,8). The monoisotopic (exact) mass is 160 g/mol. The largest absolute Gasteiger partial charge is 0.479 e. The second kappa shape index (κ2) is 3.16. The average molecular weight is 160 g/mol. The van der Waals surface area contributed by atoms with Gasteiger partial charge in [-0.3, -0.25) is 0 Å². The first kappa shape index (κ1) is 7.75. The summed E-state index contributed by atoms with van der Waals surface area (Å²) in [6.07, 6.45) is 2.58. The highest BCUT2D eigenvalue weighted by molar-refractivity contribution is 5.99. The summed E-state index contributed by atoms with van der Waals surface area (Å²) >= 11 is 0. The maximum Gasteiger partial charge on any atom is 0.331 e. The molecule has 0 aromatic rings. The summed E-state index contributed by atoms with van der Waals surface area (Å²) in [7, 11) is 0.522. The highest BCUT2D eigenvalue weighted by atomic mass is 28.2. The fraction of sp³-hybridized carbons (Fsp3) is 0.833. The van der Waals surface area contributed by atoms with Crippen LogP contribution < -0.4 is 0 Å². The van der Waals surface area contributed by atoms with Crippen molar-refractivity contribution in [3.63, 3.8) is 0 Å². The van der Waals surface area contributed by atoms with Crippen LogP contribution in [0.4, 0.5) is 0 Å². The Morgan fingerprint density at radius 2 is 2.40 bits per heavy atom. The van der Waals surface area contributed by atoms with E-state index in [1.54, 1.807) is 0 Å². The van der Waals surface area contributed by atoms with Gasteiger partial charge in [0.2, 0.25) is 0 Å². The fourth-order valence-corrected chi connectivity index (χ4v) is 1.35. The zero-order valence-corrected chi connectivity index (χ0v) is 8.04. The van der Waals surface area contributed by atoms with Crippen LogP contribution in [0.1, 0.15) is 19.3 Å². The molecule has 0 aromatic heterocycles. The second-order valence-electron chi connectivity index (χ2n) is 2.74. The average Bonchev–Trinajstić information content (AvgIpc) is 2.64. The van der Waals surface area contributed by atoms with Gasteiger partial charge < -0.3 is 9.53 Å². The molecule has 1 unspecified atom stereocenters. The van der Waals surface area contributed by atoms with Crippen molar-refractivity contribution in [3.05, 3.63) is 0 Å². The van der Waals surface area contributed by atoms with Crippen LogP contribution in [0.2, 0.25) is 0 Å². The quantitative estimate of drug-likeness (QED) is 0.566. The number of carbonyl (C=O) groups is 1. The molecule has 1 aliphatic carbocycles. The van der Waals surface area contributed by atoms with Crippen molar-refractivity contribution in [3.8, 4) is 0 Å². The maximum atomic E-state index is 10.4. The number of hydrogen-bond acceptors (Lipinski definition) is 2. The van der Waals surface area contributed by atoms with Crippen molar-refractivity contribution < 1.29 is 14.3 Å². The van der Waals surface area contributed by atoms with Gasteiger partial charge in [0.25, 0.3) is 0 Å². The molecule has 1 fully saturated rings. The van der Waals surface area contributed by atoms with E-state index >= 15 is 0 Å². The third-order valence-corrected chi connectivity index (χ3v) is 2.37. The SMILES string of the molecule is O=C(O)C(CC1CC1)O[SiH3]. The lowest BCUT2D eigenvalue weighted by molar-refractivity contribution is -0.145. The van der Waals surface area contributed by atoms with Gasteiger partial charge in [0.1, 0.15) is 16.6 Å². The lowest BCUT2D eigenvalue weighted by Crippen LogP contribution is -2.23. The van der Waals surface area contributed by atoms with Crippen LogP contribution in [-0.2, 0) is 9.22 Å². The molecular formula is C6H12O3Si. The van der Waals surface area contributed by atoms with Crippen molar-refractivity contribution in [2.75, 3.05) is 0 Å². The lowest BCUT2D eigenvalue weighted by Gasteiger charge is -2.08. The van der Waals surface area contributed by atoms with Crippen molar-refractivity contribution in [1.29, 1.82) is 0 Å². The summed E-state index contributed by atoms with van der Waals surface area (Å²) in [5.41, 5.74) is 0. The summed E-state index contributed by atoms with van der Waals surface area (Å²) < 4.78 is 4.90. The number of rotatable bonds is 4. The minimum absolute atomic E-state index is 0.515. The molecule has 4 heteroatoms. The predicted octanol–water partition coefficient (Wildman–Crippen LogP) is -0.463. The van der Waals surface area contributed by atoms with Crippen LogP contribution in [0.3, 0.4) is 0 Å². The highest BCUT2D eigenvalue weighted by Gasteiger charge is 2.28. The Morgan fingerprint density at radius 1 is 1.80 bits per heavy atom. The first-order valence-corrected chi connectivity index (χ1v) is 4.31. The normalized spacial score (nSPS) is 20.8. The molecule has 0 spiro atoms. The van der Waals surface area contributed by atoms with Crippen molar-refractivity contribution in [1.82, 2.24) is 0 Å². The van der Waals surface area contributed by atoms with E-state index < -0.39 is 12.1 Å². The summed E-state index contributed by atoms with van der Waals surface area (Å²) in [5, 5.41) is 8.55. The first-order valence-electron chi connectivity index (χ1n) is 3.49. The molecular weight excluding hydrogens is 148 g/mol. The molecule has 0 aliphatic heterocycles. The van der Waals surface area contributed by atoms with Crippen LogP contribution in [0.15, 0.2) is 0 Å². The highest BCUT2D eigenvalue weighted by Crippen LogP contribution is 2.33. The van der Waals surface area contributed by atoms with Crippen molar-refractivity contribution >= 4 is 16.5 Å². The summed E-state index contributed by atoms with van der Waals surface area (Å²) in [4.78, 5) is 10.4. The Hall–Kier alpha value is -0.353. The van der Waals surface area contributed by atoms with Gasteiger partial charge in [0, 0.05) is 0 Å². The molecule has 0 saturated heterocycles. The summed E-state index contributed by atoms with van der Waals surface area (Å²) in [6.45, 7) is 0. The third-order valence-electron chi connectivity index (χ3n) is 1.80. The molecule has 0 radical (unpaired) electrons. The molecule has 0 bridgehead atoms. The van der Waals surface area contributed by atoms with E-state index in [1.807, 2.05) is 0 Å². The minimum Gasteiger partial charge on any atom is -0.479 e. The molecule has 58 valence electrons. The zero-order chi connectivity index (χ0) is 7.56. The Bertz CT molecular complexity index is 133. The van der Waals surface area contributed by atoms with Gasteiger partial charge in [-0.25, -0.2) is 4.79 Å².